The van der Waals surface area contributed by atoms with E-state index in [1.165, 1.54) is 38.5 Å². The maximum atomic E-state index is 10.1. The van der Waals surface area contributed by atoms with Crippen molar-refractivity contribution >= 4 is 5.96 Å². The molecule has 5 nitrogen and oxygen atoms in total. The second kappa shape index (κ2) is 9.60. The van der Waals surface area contributed by atoms with Crippen LogP contribution in [0.25, 0.3) is 0 Å². The zero-order valence-electron chi connectivity index (χ0n) is 14.4. The minimum atomic E-state index is -0.694. The summed E-state index contributed by atoms with van der Waals surface area (Å²) in [5.74, 6) is 2.25. The van der Waals surface area contributed by atoms with Crippen LogP contribution < -0.4 is 10.6 Å². The molecule has 1 unspecified atom stereocenters. The Balaban J connectivity index is 1.82. The summed E-state index contributed by atoms with van der Waals surface area (Å²) in [5.41, 5.74) is 0. The number of hydrogen-bond donors (Lipinski definition) is 3. The van der Waals surface area contributed by atoms with Gasteiger partial charge in [0.1, 0.15) is 11.9 Å². The molecule has 1 aromatic heterocycles. The van der Waals surface area contributed by atoms with Crippen molar-refractivity contribution in [1.29, 1.82) is 0 Å². The zero-order valence-corrected chi connectivity index (χ0v) is 14.4. The number of nitrogens with one attached hydrogen (secondary N) is 2. The van der Waals surface area contributed by atoms with Crippen LogP contribution in [0.1, 0.15) is 64.2 Å². The molecule has 0 amide bonds. The number of guanidine groups is 1. The van der Waals surface area contributed by atoms with Gasteiger partial charge in [-0.05, 0) is 50.7 Å². The van der Waals surface area contributed by atoms with E-state index in [0.29, 0.717) is 18.3 Å². The Bertz CT molecular complexity index is 451. The lowest BCUT2D eigenvalue weighted by atomic mass is 9.83. The molecule has 130 valence electrons. The molecule has 1 fully saturated rings. The molecular formula is C18H31N3O2. The highest BCUT2D eigenvalue weighted by atomic mass is 16.4. The number of rotatable bonds is 7. The second-order valence-electron chi connectivity index (χ2n) is 6.40. The third-order valence-corrected chi connectivity index (χ3v) is 4.52. The van der Waals surface area contributed by atoms with Crippen molar-refractivity contribution in [3.8, 4) is 0 Å². The Morgan fingerprint density at radius 1 is 1.35 bits per heavy atom. The average Bonchev–Trinajstić information content (AvgIpc) is 3.09. The summed E-state index contributed by atoms with van der Waals surface area (Å²) < 4.78 is 5.21. The summed E-state index contributed by atoms with van der Waals surface area (Å²) in [6, 6.07) is 4.04. The van der Waals surface area contributed by atoms with Gasteiger partial charge in [0.15, 0.2) is 5.96 Å². The number of nitrogens with zero attached hydrogens (tertiary/aromatic N) is 1. The minimum Gasteiger partial charge on any atom is -0.467 e. The normalized spacial score (nSPS) is 23.5. The van der Waals surface area contributed by atoms with Gasteiger partial charge in [0, 0.05) is 12.6 Å². The molecule has 23 heavy (non-hydrogen) atoms. The van der Waals surface area contributed by atoms with E-state index in [9.17, 15) is 5.11 Å². The standard InChI is InChI=1S/C18H31N3O2/c1-3-6-14-8-10-15(11-9-14)21-18(19-4-2)20-13-16(22)17-7-5-12-23-17/h5,7,12,14-16,22H,3-4,6,8-11,13H2,1-2H3,(H2,19,20,21). The van der Waals surface area contributed by atoms with Crippen LogP contribution in [0.3, 0.4) is 0 Å². The van der Waals surface area contributed by atoms with Crippen LogP contribution in [0.2, 0.25) is 0 Å². The van der Waals surface area contributed by atoms with Crippen LogP contribution in [-0.2, 0) is 0 Å². The Kier molecular flexibility index (Phi) is 7.46. The topological polar surface area (TPSA) is 69.8 Å². The Hall–Kier alpha value is -1.49. The van der Waals surface area contributed by atoms with Crippen molar-refractivity contribution in [2.45, 2.75) is 64.5 Å². The van der Waals surface area contributed by atoms with Crippen LogP contribution in [0.4, 0.5) is 0 Å². The molecule has 5 heteroatoms. The van der Waals surface area contributed by atoms with E-state index in [0.717, 1.165) is 18.4 Å². The van der Waals surface area contributed by atoms with Gasteiger partial charge in [-0.1, -0.05) is 19.8 Å². The first-order chi connectivity index (χ1) is 11.2. The largest absolute Gasteiger partial charge is 0.467 e. The van der Waals surface area contributed by atoms with Crippen molar-refractivity contribution in [2.24, 2.45) is 10.9 Å². The number of furan rings is 1. The summed E-state index contributed by atoms with van der Waals surface area (Å²) in [4.78, 5) is 4.50. The first kappa shape index (κ1) is 17.9. The molecule has 1 aromatic rings. The molecule has 1 aliphatic rings. The van der Waals surface area contributed by atoms with Gasteiger partial charge < -0.3 is 20.2 Å². The molecule has 1 saturated carbocycles. The van der Waals surface area contributed by atoms with Gasteiger partial charge in [0.25, 0.3) is 0 Å². The summed E-state index contributed by atoms with van der Waals surface area (Å²) in [7, 11) is 0. The fraction of sp³-hybridized carbons (Fsp3) is 0.722. The van der Waals surface area contributed by atoms with E-state index in [-0.39, 0.29) is 0 Å². The van der Waals surface area contributed by atoms with Crippen molar-refractivity contribution in [3.05, 3.63) is 24.2 Å². The van der Waals surface area contributed by atoms with Crippen LogP contribution in [0.15, 0.2) is 27.8 Å². The monoisotopic (exact) mass is 321 g/mol. The van der Waals surface area contributed by atoms with Crippen LogP contribution >= 0.6 is 0 Å². The van der Waals surface area contributed by atoms with Gasteiger partial charge in [0.2, 0.25) is 0 Å². The average molecular weight is 321 g/mol. The van der Waals surface area contributed by atoms with Gasteiger partial charge in [-0.15, -0.1) is 0 Å². The SMILES string of the molecule is CCCC1CCC(NC(=NCC(O)c2ccco2)NCC)CC1. The maximum absolute atomic E-state index is 10.1. The highest BCUT2D eigenvalue weighted by molar-refractivity contribution is 5.80. The van der Waals surface area contributed by atoms with Gasteiger partial charge >= 0.3 is 0 Å². The van der Waals surface area contributed by atoms with E-state index < -0.39 is 6.10 Å². The number of aliphatic hydroxyl groups excluding tert-OH is 1. The zero-order chi connectivity index (χ0) is 16.5. The lowest BCUT2D eigenvalue weighted by Crippen LogP contribution is -2.45. The van der Waals surface area contributed by atoms with E-state index in [2.05, 4.69) is 29.5 Å². The molecule has 0 radical (unpaired) electrons. The Morgan fingerprint density at radius 3 is 2.74 bits per heavy atom. The van der Waals surface area contributed by atoms with Gasteiger partial charge in [-0.2, -0.15) is 0 Å². The molecule has 0 saturated heterocycles. The lowest BCUT2D eigenvalue weighted by molar-refractivity contribution is 0.158. The Morgan fingerprint density at radius 2 is 2.13 bits per heavy atom. The molecule has 3 N–H and O–H groups in total. The fourth-order valence-corrected chi connectivity index (χ4v) is 3.27. The van der Waals surface area contributed by atoms with E-state index in [4.69, 9.17) is 4.42 Å². The summed E-state index contributed by atoms with van der Waals surface area (Å²) >= 11 is 0. The van der Waals surface area contributed by atoms with Gasteiger partial charge in [0.05, 0.1) is 12.8 Å². The summed E-state index contributed by atoms with van der Waals surface area (Å²) in [6.45, 7) is 5.44. The highest BCUT2D eigenvalue weighted by Crippen LogP contribution is 2.27. The third kappa shape index (κ3) is 5.90. The second-order valence-corrected chi connectivity index (χ2v) is 6.40. The van der Waals surface area contributed by atoms with E-state index >= 15 is 0 Å². The van der Waals surface area contributed by atoms with Crippen molar-refractivity contribution < 1.29 is 9.52 Å². The molecule has 1 aliphatic carbocycles. The van der Waals surface area contributed by atoms with Crippen LogP contribution in [0, 0.1) is 5.92 Å². The van der Waals surface area contributed by atoms with Crippen LogP contribution in [0.5, 0.6) is 0 Å². The smallest absolute Gasteiger partial charge is 0.191 e. The highest BCUT2D eigenvalue weighted by Gasteiger charge is 2.21. The quantitative estimate of drug-likeness (QED) is 0.533. The minimum absolute atomic E-state index is 0.300. The predicted molar refractivity (Wildman–Crippen MR) is 93.4 cm³/mol. The van der Waals surface area contributed by atoms with Gasteiger partial charge in [-0.3, -0.25) is 4.99 Å². The Labute approximate surface area is 139 Å². The van der Waals surface area contributed by atoms with Crippen molar-refractivity contribution in [1.82, 2.24) is 10.6 Å². The number of aliphatic imine (C=N–C) groups is 1. The fourth-order valence-electron chi connectivity index (χ4n) is 3.27. The molecule has 0 aliphatic heterocycles. The molecule has 0 bridgehead atoms. The van der Waals surface area contributed by atoms with E-state index in [1.54, 1.807) is 18.4 Å². The van der Waals surface area contributed by atoms with Crippen molar-refractivity contribution in [2.75, 3.05) is 13.1 Å². The summed E-state index contributed by atoms with van der Waals surface area (Å²) in [5, 5.41) is 16.9. The molecule has 0 spiro atoms. The lowest BCUT2D eigenvalue weighted by Gasteiger charge is -2.30. The first-order valence-electron chi connectivity index (χ1n) is 8.99. The number of hydrogen-bond acceptors (Lipinski definition) is 3. The van der Waals surface area contributed by atoms with E-state index in [1.807, 2.05) is 0 Å². The first-order valence-corrected chi connectivity index (χ1v) is 8.99. The van der Waals surface area contributed by atoms with Crippen LogP contribution in [-0.4, -0.2) is 30.2 Å². The summed E-state index contributed by atoms with van der Waals surface area (Å²) in [6.07, 6.45) is 8.54. The molecule has 2 rings (SSSR count). The van der Waals surface area contributed by atoms with Crippen molar-refractivity contribution in [3.63, 3.8) is 0 Å². The predicted octanol–water partition coefficient (Wildman–Crippen LogP) is 3.23. The van der Waals surface area contributed by atoms with Gasteiger partial charge in [-0.25, -0.2) is 0 Å². The number of aliphatic hydroxyl groups is 1. The maximum Gasteiger partial charge on any atom is 0.191 e. The molecule has 0 aromatic carbocycles. The molecular weight excluding hydrogens is 290 g/mol. The third-order valence-electron chi connectivity index (χ3n) is 4.52. The molecule has 1 atom stereocenters. The molecule has 1 heterocycles.